The van der Waals surface area contributed by atoms with Gasteiger partial charge < -0.3 is 14.3 Å². The minimum Gasteiger partial charge on any atom is -0.492 e. The number of carbonyl (C=O) groups excluding carboxylic acids is 2. The van der Waals surface area contributed by atoms with Crippen LogP contribution in [0.4, 0.5) is 0 Å². The summed E-state index contributed by atoms with van der Waals surface area (Å²) in [5.74, 6) is -0.0683. The highest BCUT2D eigenvalue weighted by Crippen LogP contribution is 2.41. The predicted octanol–water partition coefficient (Wildman–Crippen LogP) is 3.15. The number of fused-ring (bicyclic) bond motifs is 1. The number of rotatable bonds is 2. The van der Waals surface area contributed by atoms with Crippen LogP contribution in [0.3, 0.4) is 0 Å². The average molecular weight is 397 g/mol. The van der Waals surface area contributed by atoms with Crippen LogP contribution < -0.4 is 10.1 Å². The Hall–Kier alpha value is -3.80. The van der Waals surface area contributed by atoms with Gasteiger partial charge in [0.25, 0.3) is 11.8 Å². The molecule has 0 saturated heterocycles. The van der Waals surface area contributed by atoms with E-state index < -0.39 is 0 Å². The first kappa shape index (κ1) is 17.1. The number of imide groups is 1. The zero-order chi connectivity index (χ0) is 20.2. The van der Waals surface area contributed by atoms with Crippen LogP contribution in [0.2, 0.25) is 0 Å². The molecule has 0 saturated carbocycles. The molecule has 0 radical (unpaired) electrons. The number of hydrogen-bond acceptors (Lipinski definition) is 3. The number of aryl methyl sites for hydroxylation is 2. The third-order valence-electron chi connectivity index (χ3n) is 6.08. The third kappa shape index (κ3) is 2.37. The second-order valence-electron chi connectivity index (χ2n) is 7.72. The summed E-state index contributed by atoms with van der Waals surface area (Å²) in [5, 5.41) is 3.44. The monoisotopic (exact) mass is 397 g/mol. The van der Waals surface area contributed by atoms with Gasteiger partial charge in [-0.25, -0.2) is 0 Å². The van der Waals surface area contributed by atoms with Crippen molar-refractivity contribution in [3.63, 3.8) is 0 Å². The molecule has 0 aliphatic carbocycles. The number of ether oxygens (including phenoxy) is 1. The summed E-state index contributed by atoms with van der Waals surface area (Å²) in [7, 11) is 0. The SMILES string of the molecule is O=C1NC(=O)C(c2c[nH]ccn3c4c(cccc24)CC3)=C1c1cccc2c1OCC2. The summed E-state index contributed by atoms with van der Waals surface area (Å²) in [4.78, 5) is 29.1. The van der Waals surface area contributed by atoms with Gasteiger partial charge in [-0.15, -0.1) is 0 Å². The summed E-state index contributed by atoms with van der Waals surface area (Å²) in [6.07, 6.45) is 7.41. The molecule has 30 heavy (non-hydrogen) atoms. The topological polar surface area (TPSA) is 76.1 Å². The summed E-state index contributed by atoms with van der Waals surface area (Å²) in [6.45, 7) is 1.47. The maximum atomic E-state index is 13.0. The number of nitrogens with one attached hydrogen (secondary N) is 2. The fourth-order valence-electron chi connectivity index (χ4n) is 4.78. The van der Waals surface area contributed by atoms with Gasteiger partial charge in [0.1, 0.15) is 5.75 Å². The molecule has 4 heterocycles. The summed E-state index contributed by atoms with van der Waals surface area (Å²) in [5.41, 5.74) is 5.52. The Kier molecular flexibility index (Phi) is 3.62. The lowest BCUT2D eigenvalue weighted by molar-refractivity contribution is -0.122. The van der Waals surface area contributed by atoms with Crippen molar-refractivity contribution in [2.24, 2.45) is 0 Å². The van der Waals surface area contributed by atoms with Crippen molar-refractivity contribution in [1.29, 1.82) is 0 Å². The number of aromatic amines is 1. The van der Waals surface area contributed by atoms with Gasteiger partial charge in [0.15, 0.2) is 0 Å². The number of benzene rings is 2. The van der Waals surface area contributed by atoms with E-state index in [4.69, 9.17) is 4.74 Å². The predicted molar refractivity (Wildman–Crippen MR) is 113 cm³/mol. The first-order valence-corrected chi connectivity index (χ1v) is 10.1. The maximum Gasteiger partial charge on any atom is 0.259 e. The molecule has 3 aromatic rings. The fourth-order valence-corrected chi connectivity index (χ4v) is 4.78. The van der Waals surface area contributed by atoms with Crippen molar-refractivity contribution in [1.82, 2.24) is 14.9 Å². The van der Waals surface area contributed by atoms with E-state index in [-0.39, 0.29) is 11.8 Å². The zero-order valence-corrected chi connectivity index (χ0v) is 16.2. The van der Waals surface area contributed by atoms with Gasteiger partial charge in [-0.2, -0.15) is 0 Å². The Balaban J connectivity index is 1.72. The van der Waals surface area contributed by atoms with Gasteiger partial charge in [0.2, 0.25) is 0 Å². The molecule has 0 spiro atoms. The normalized spacial score (nSPS) is 16.7. The molecule has 3 aliphatic heterocycles. The van der Waals surface area contributed by atoms with Crippen molar-refractivity contribution < 1.29 is 14.3 Å². The lowest BCUT2D eigenvalue weighted by Crippen LogP contribution is -2.22. The van der Waals surface area contributed by atoms with Crippen molar-refractivity contribution >= 4 is 33.9 Å². The lowest BCUT2D eigenvalue weighted by Gasteiger charge is -2.11. The van der Waals surface area contributed by atoms with E-state index in [2.05, 4.69) is 20.9 Å². The first-order chi connectivity index (χ1) is 14.7. The molecule has 0 fully saturated rings. The van der Waals surface area contributed by atoms with E-state index in [0.29, 0.717) is 34.6 Å². The highest BCUT2D eigenvalue weighted by atomic mass is 16.5. The molecule has 1 aromatic heterocycles. The van der Waals surface area contributed by atoms with Crippen LogP contribution in [0.1, 0.15) is 22.3 Å². The van der Waals surface area contributed by atoms with Gasteiger partial charge in [-0.3, -0.25) is 14.9 Å². The highest BCUT2D eigenvalue weighted by Gasteiger charge is 2.35. The second kappa shape index (κ2) is 6.35. The Morgan fingerprint density at radius 2 is 1.70 bits per heavy atom. The zero-order valence-electron chi connectivity index (χ0n) is 16.2. The third-order valence-corrected chi connectivity index (χ3v) is 6.08. The van der Waals surface area contributed by atoms with E-state index in [1.807, 2.05) is 42.7 Å². The largest absolute Gasteiger partial charge is 0.492 e. The van der Waals surface area contributed by atoms with Crippen molar-refractivity contribution in [3.8, 4) is 5.75 Å². The molecule has 6 rings (SSSR count). The Morgan fingerprint density at radius 1 is 0.900 bits per heavy atom. The van der Waals surface area contributed by atoms with Crippen LogP contribution in [0.15, 0.2) is 55.0 Å². The number of nitrogens with zero attached hydrogens (tertiary/aromatic N) is 1. The molecule has 0 atom stereocenters. The summed E-state index contributed by atoms with van der Waals surface area (Å²) in [6, 6.07) is 11.9. The number of para-hydroxylation sites is 2. The van der Waals surface area contributed by atoms with E-state index in [9.17, 15) is 9.59 Å². The lowest BCUT2D eigenvalue weighted by atomic mass is 9.93. The van der Waals surface area contributed by atoms with Crippen molar-refractivity contribution in [2.45, 2.75) is 19.4 Å². The number of amides is 2. The van der Waals surface area contributed by atoms with E-state index in [0.717, 1.165) is 35.9 Å². The quantitative estimate of drug-likeness (QED) is 0.653. The standard InChI is InChI=1S/C24H19N3O3/c28-23-19(17-6-2-4-15-8-12-30-22(15)17)20(24(29)26-23)18-13-25-9-11-27-10-7-14-3-1-5-16(18)21(14)27/h1-6,9,11,13,25H,7-8,10,12H2,(H,26,28,29). The van der Waals surface area contributed by atoms with E-state index >= 15 is 0 Å². The molecule has 6 heteroatoms. The number of carbonyl (C=O) groups is 2. The number of H-pyrrole nitrogens is 1. The smallest absolute Gasteiger partial charge is 0.259 e. The van der Waals surface area contributed by atoms with Crippen LogP contribution in [-0.4, -0.2) is 28.0 Å². The molecule has 2 aromatic carbocycles. The first-order valence-electron chi connectivity index (χ1n) is 10.1. The fraction of sp³-hybridized carbons (Fsp3) is 0.167. The number of aromatic nitrogens is 2. The van der Waals surface area contributed by atoms with Crippen molar-refractivity contribution in [2.75, 3.05) is 6.61 Å². The Bertz CT molecular complexity index is 1340. The van der Waals surface area contributed by atoms with Crippen molar-refractivity contribution in [3.05, 3.63) is 77.2 Å². The van der Waals surface area contributed by atoms with Gasteiger partial charge in [-0.1, -0.05) is 36.4 Å². The van der Waals surface area contributed by atoms with Gasteiger partial charge in [0, 0.05) is 48.1 Å². The van der Waals surface area contributed by atoms with Gasteiger partial charge in [-0.05, 0) is 17.5 Å². The molecule has 148 valence electrons. The molecule has 2 amide bonds. The van der Waals surface area contributed by atoms with E-state index in [1.165, 1.54) is 5.56 Å². The number of hydrogen-bond donors (Lipinski definition) is 2. The van der Waals surface area contributed by atoms with Crippen LogP contribution in [0, 0.1) is 0 Å². The molecule has 6 nitrogen and oxygen atoms in total. The molecule has 2 N–H and O–H groups in total. The second-order valence-corrected chi connectivity index (χ2v) is 7.72. The molecule has 0 bridgehead atoms. The van der Waals surface area contributed by atoms with Gasteiger partial charge in [0.05, 0.1) is 23.3 Å². The summed E-state index contributed by atoms with van der Waals surface area (Å²) < 4.78 is 8.03. The molecule has 0 unspecified atom stereocenters. The Morgan fingerprint density at radius 3 is 2.60 bits per heavy atom. The van der Waals surface area contributed by atoms with E-state index in [1.54, 1.807) is 6.20 Å². The average Bonchev–Trinajstić information content (AvgIpc) is 3.44. The highest BCUT2D eigenvalue weighted by molar-refractivity contribution is 6.50. The maximum absolute atomic E-state index is 13.0. The van der Waals surface area contributed by atoms with Crippen LogP contribution in [-0.2, 0) is 29.0 Å². The van der Waals surface area contributed by atoms with Crippen LogP contribution in [0.25, 0.3) is 22.0 Å². The van der Waals surface area contributed by atoms with Crippen LogP contribution in [0.5, 0.6) is 5.75 Å². The summed E-state index contributed by atoms with van der Waals surface area (Å²) >= 11 is 0. The minimum absolute atomic E-state index is 0.374. The molecular weight excluding hydrogens is 378 g/mol. The van der Waals surface area contributed by atoms with Crippen LogP contribution >= 0.6 is 0 Å². The molecular formula is C24H19N3O3. The minimum atomic E-state index is -0.387. The molecule has 3 aliphatic rings. The van der Waals surface area contributed by atoms with Gasteiger partial charge >= 0.3 is 0 Å². The Labute approximate surface area is 172 Å².